The van der Waals surface area contributed by atoms with Gasteiger partial charge in [0.1, 0.15) is 17.7 Å². The van der Waals surface area contributed by atoms with Gasteiger partial charge in [0.25, 0.3) is 0 Å². The number of aliphatic hydroxyl groups is 2. The maximum atomic E-state index is 13.9. The molecule has 0 bridgehead atoms. The molecule has 2 aromatic carbocycles. The second kappa shape index (κ2) is 16.9. The van der Waals surface area contributed by atoms with E-state index >= 15 is 0 Å². The van der Waals surface area contributed by atoms with Crippen molar-refractivity contribution in [3.05, 3.63) is 102 Å². The fraction of sp³-hybridized carbons (Fsp3) is 0.444. The fourth-order valence-electron chi connectivity index (χ4n) is 5.04. The number of aryl methyl sites for hydroxylation is 1. The molecule has 1 heterocycles. The van der Waals surface area contributed by atoms with Crippen molar-refractivity contribution in [3.8, 4) is 0 Å². The first-order valence-electron chi connectivity index (χ1n) is 15.9. The van der Waals surface area contributed by atoms with Gasteiger partial charge in [-0.25, -0.2) is 9.59 Å². The van der Waals surface area contributed by atoms with E-state index in [0.29, 0.717) is 12.1 Å². The summed E-state index contributed by atoms with van der Waals surface area (Å²) in [7, 11) is 1.59. The van der Waals surface area contributed by atoms with E-state index < -0.39 is 47.5 Å². The zero-order valence-corrected chi connectivity index (χ0v) is 28.1. The standard InChI is InChI=1S/C36H49N5O6/c1-25(2)30(39-33(44)41(6)24-28-19-13-14-22-37-28)32(43)40-36(46,21-20-26-15-9-7-10-16-26)31(42)29(23-27-17-11-8-12-18-27)38-34(45)47-35(3,4)5/h7-19,22,25,29-31,42,46H,20-21,23-24H2,1-6H3,(H,38,45)(H,39,44)(H,40,43)/t29-,30-,31+,36-/m0/s1. The van der Waals surface area contributed by atoms with Crippen LogP contribution in [0, 0.1) is 5.92 Å². The summed E-state index contributed by atoms with van der Waals surface area (Å²) in [5.41, 5.74) is -0.698. The van der Waals surface area contributed by atoms with Gasteiger partial charge in [-0.2, -0.15) is 0 Å². The first-order chi connectivity index (χ1) is 22.2. The molecular weight excluding hydrogens is 598 g/mol. The van der Waals surface area contributed by atoms with Crippen LogP contribution in [0.4, 0.5) is 9.59 Å². The first kappa shape index (κ1) is 37.0. The predicted molar refractivity (Wildman–Crippen MR) is 180 cm³/mol. The van der Waals surface area contributed by atoms with E-state index in [4.69, 9.17) is 4.74 Å². The Morgan fingerprint density at radius 2 is 1.49 bits per heavy atom. The number of benzene rings is 2. The molecule has 0 radical (unpaired) electrons. The molecule has 0 aliphatic rings. The Morgan fingerprint density at radius 1 is 0.894 bits per heavy atom. The highest BCUT2D eigenvalue weighted by Crippen LogP contribution is 2.23. The topological polar surface area (TPSA) is 153 Å². The number of aromatic nitrogens is 1. The Morgan fingerprint density at radius 3 is 2.04 bits per heavy atom. The van der Waals surface area contributed by atoms with E-state index in [9.17, 15) is 24.6 Å². The highest BCUT2D eigenvalue weighted by atomic mass is 16.6. The van der Waals surface area contributed by atoms with Crippen molar-refractivity contribution in [2.45, 2.75) is 89.9 Å². The molecule has 4 amide bonds. The Bertz CT molecular complexity index is 1420. The highest BCUT2D eigenvalue weighted by Gasteiger charge is 2.44. The quantitative estimate of drug-likeness (QED) is 0.165. The molecule has 1 aromatic heterocycles. The molecule has 254 valence electrons. The van der Waals surface area contributed by atoms with Gasteiger partial charge in [0, 0.05) is 19.7 Å². The first-order valence-corrected chi connectivity index (χ1v) is 15.9. The summed E-state index contributed by atoms with van der Waals surface area (Å²) in [6, 6.07) is 21.3. The third-order valence-electron chi connectivity index (χ3n) is 7.55. The second-order valence-electron chi connectivity index (χ2n) is 13.1. The van der Waals surface area contributed by atoms with Crippen molar-refractivity contribution in [1.29, 1.82) is 0 Å². The van der Waals surface area contributed by atoms with Gasteiger partial charge in [0.2, 0.25) is 5.91 Å². The Balaban J connectivity index is 1.89. The minimum absolute atomic E-state index is 0.0937. The van der Waals surface area contributed by atoms with Crippen LogP contribution in [0.3, 0.4) is 0 Å². The molecule has 0 saturated heterocycles. The number of urea groups is 1. The van der Waals surface area contributed by atoms with Crippen LogP contribution in [0.25, 0.3) is 0 Å². The molecule has 5 N–H and O–H groups in total. The number of carbonyl (C=O) groups is 3. The lowest BCUT2D eigenvalue weighted by Crippen LogP contribution is -2.67. The second-order valence-corrected chi connectivity index (χ2v) is 13.1. The monoisotopic (exact) mass is 647 g/mol. The average Bonchev–Trinajstić information content (AvgIpc) is 3.02. The maximum absolute atomic E-state index is 13.9. The van der Waals surface area contributed by atoms with Crippen LogP contribution in [0.5, 0.6) is 0 Å². The minimum atomic E-state index is -2.22. The van der Waals surface area contributed by atoms with Crippen molar-refractivity contribution < 1.29 is 29.3 Å². The number of amides is 4. The molecule has 3 aromatic rings. The number of hydrogen-bond acceptors (Lipinski definition) is 7. The smallest absolute Gasteiger partial charge is 0.407 e. The molecule has 0 unspecified atom stereocenters. The zero-order valence-electron chi connectivity index (χ0n) is 28.1. The van der Waals surface area contributed by atoms with Crippen molar-refractivity contribution >= 4 is 18.0 Å². The van der Waals surface area contributed by atoms with Crippen molar-refractivity contribution in [3.63, 3.8) is 0 Å². The van der Waals surface area contributed by atoms with E-state index in [1.165, 1.54) is 4.90 Å². The number of alkyl carbamates (subject to hydrolysis) is 1. The number of hydrogen-bond donors (Lipinski definition) is 5. The third-order valence-corrected chi connectivity index (χ3v) is 7.55. The van der Waals surface area contributed by atoms with Crippen molar-refractivity contribution in [2.24, 2.45) is 5.92 Å². The lowest BCUT2D eigenvalue weighted by atomic mass is 9.89. The average molecular weight is 648 g/mol. The van der Waals surface area contributed by atoms with Crippen LogP contribution in [-0.4, -0.2) is 74.7 Å². The van der Waals surface area contributed by atoms with E-state index in [0.717, 1.165) is 11.1 Å². The highest BCUT2D eigenvalue weighted by molar-refractivity contribution is 5.87. The third kappa shape index (κ3) is 12.0. The zero-order chi connectivity index (χ0) is 34.6. The van der Waals surface area contributed by atoms with Gasteiger partial charge >= 0.3 is 12.1 Å². The number of pyridine rings is 1. The van der Waals surface area contributed by atoms with E-state index in [-0.39, 0.29) is 25.3 Å². The molecule has 11 nitrogen and oxygen atoms in total. The van der Waals surface area contributed by atoms with Gasteiger partial charge in [-0.3, -0.25) is 9.78 Å². The molecular formula is C36H49N5O6. The van der Waals surface area contributed by atoms with Crippen LogP contribution in [-0.2, 0) is 28.9 Å². The van der Waals surface area contributed by atoms with Gasteiger partial charge in [-0.1, -0.05) is 80.6 Å². The van der Waals surface area contributed by atoms with Crippen LogP contribution in [0.2, 0.25) is 0 Å². The van der Waals surface area contributed by atoms with Gasteiger partial charge in [0.05, 0.1) is 18.3 Å². The van der Waals surface area contributed by atoms with Gasteiger partial charge in [-0.05, 0) is 62.8 Å². The van der Waals surface area contributed by atoms with Gasteiger partial charge in [0.15, 0.2) is 5.72 Å². The summed E-state index contributed by atoms with van der Waals surface area (Å²) in [5.74, 6) is -1.07. The summed E-state index contributed by atoms with van der Waals surface area (Å²) in [6.07, 6.45) is -0.493. The lowest BCUT2D eigenvalue weighted by molar-refractivity contribution is -0.148. The Kier molecular flexibility index (Phi) is 13.3. The fourth-order valence-corrected chi connectivity index (χ4v) is 5.04. The molecule has 4 atom stereocenters. The normalized spacial score (nSPS) is 14.7. The van der Waals surface area contributed by atoms with E-state index in [2.05, 4.69) is 20.9 Å². The predicted octanol–water partition coefficient (Wildman–Crippen LogP) is 4.18. The van der Waals surface area contributed by atoms with Crippen molar-refractivity contribution in [1.82, 2.24) is 25.8 Å². The molecule has 0 fully saturated rings. The lowest BCUT2D eigenvalue weighted by Gasteiger charge is -2.40. The maximum Gasteiger partial charge on any atom is 0.407 e. The van der Waals surface area contributed by atoms with Crippen LogP contribution in [0.1, 0.15) is 57.9 Å². The SMILES string of the molecule is CC(C)[C@H](NC(=O)N(C)Cc1ccccn1)C(=O)N[C@](O)(CCc1ccccc1)[C@H](O)[C@H](Cc1ccccc1)NC(=O)OC(C)(C)C. The summed E-state index contributed by atoms with van der Waals surface area (Å²) >= 11 is 0. The molecule has 11 heteroatoms. The largest absolute Gasteiger partial charge is 0.444 e. The van der Waals surface area contributed by atoms with Crippen LogP contribution >= 0.6 is 0 Å². The van der Waals surface area contributed by atoms with Crippen molar-refractivity contribution in [2.75, 3.05) is 7.05 Å². The molecule has 0 saturated carbocycles. The van der Waals surface area contributed by atoms with E-state index in [1.54, 1.807) is 60.0 Å². The number of nitrogens with zero attached hydrogens (tertiary/aromatic N) is 2. The summed E-state index contributed by atoms with van der Waals surface area (Å²) in [5, 5.41) is 32.2. The Labute approximate surface area is 277 Å². The molecule has 3 rings (SSSR count). The molecule has 0 aliphatic carbocycles. The minimum Gasteiger partial charge on any atom is -0.444 e. The number of ether oxygens (including phenoxy) is 1. The van der Waals surface area contributed by atoms with Gasteiger partial charge in [-0.15, -0.1) is 0 Å². The molecule has 47 heavy (non-hydrogen) atoms. The number of carbonyl (C=O) groups excluding carboxylic acids is 3. The Hall–Kier alpha value is -4.48. The number of nitrogens with one attached hydrogen (secondary N) is 3. The number of aliphatic hydroxyl groups excluding tert-OH is 1. The summed E-state index contributed by atoms with van der Waals surface area (Å²) < 4.78 is 5.47. The summed E-state index contributed by atoms with van der Waals surface area (Å²) in [4.78, 5) is 45.6. The van der Waals surface area contributed by atoms with Crippen LogP contribution in [0.15, 0.2) is 85.1 Å². The molecule has 0 spiro atoms. The van der Waals surface area contributed by atoms with Crippen LogP contribution < -0.4 is 16.0 Å². The number of rotatable bonds is 14. The molecule has 0 aliphatic heterocycles. The summed E-state index contributed by atoms with van der Waals surface area (Å²) in [6.45, 7) is 8.92. The van der Waals surface area contributed by atoms with E-state index in [1.807, 2.05) is 66.7 Å². The van der Waals surface area contributed by atoms with Gasteiger partial charge < -0.3 is 35.8 Å².